The molecule has 0 unspecified atom stereocenters. The molecule has 3 aromatic rings. The maximum absolute atomic E-state index is 13.7. The molecule has 3 heterocycles. The van der Waals surface area contributed by atoms with Gasteiger partial charge in [0.25, 0.3) is 0 Å². The van der Waals surface area contributed by atoms with Gasteiger partial charge in [0.05, 0.1) is 23.6 Å². The fourth-order valence-corrected chi connectivity index (χ4v) is 4.29. The molecule has 0 atom stereocenters. The van der Waals surface area contributed by atoms with Crippen molar-refractivity contribution in [3.63, 3.8) is 0 Å². The van der Waals surface area contributed by atoms with Gasteiger partial charge in [-0.2, -0.15) is 0 Å². The number of carbonyl (C=O) groups excluding carboxylic acids is 1. The van der Waals surface area contributed by atoms with Crippen LogP contribution in [0.2, 0.25) is 0 Å². The zero-order valence-corrected chi connectivity index (χ0v) is 18.4. The van der Waals surface area contributed by atoms with Crippen LogP contribution in [-0.2, 0) is 23.1 Å². The van der Waals surface area contributed by atoms with Gasteiger partial charge in [0.2, 0.25) is 0 Å². The highest BCUT2D eigenvalue weighted by atomic mass is 19.1. The van der Waals surface area contributed by atoms with E-state index in [0.29, 0.717) is 24.1 Å². The summed E-state index contributed by atoms with van der Waals surface area (Å²) in [6.45, 7) is 10.1. The molecule has 0 amide bonds. The second-order valence-electron chi connectivity index (χ2n) is 8.52. The molecule has 2 aromatic heterocycles. The number of fused-ring (bicyclic) bond motifs is 2. The van der Waals surface area contributed by atoms with Gasteiger partial charge in [-0.1, -0.05) is 26.0 Å². The first-order valence-corrected chi connectivity index (χ1v) is 10.5. The summed E-state index contributed by atoms with van der Waals surface area (Å²) in [5.41, 5.74) is 3.72. The maximum atomic E-state index is 13.7. The molecule has 0 aliphatic carbocycles. The highest BCUT2D eigenvalue weighted by molar-refractivity contribution is 6.00. The fraction of sp³-hybridized carbons (Fsp3) is 0.435. The Balaban J connectivity index is 2.10. The number of aromatic nitrogens is 5. The van der Waals surface area contributed by atoms with Crippen molar-refractivity contribution in [3.05, 3.63) is 58.4 Å². The molecule has 4 rings (SSSR count). The van der Waals surface area contributed by atoms with Gasteiger partial charge in [0.15, 0.2) is 5.82 Å². The molecule has 0 fully saturated rings. The van der Waals surface area contributed by atoms with Crippen molar-refractivity contribution in [1.29, 1.82) is 0 Å². The molecule has 162 valence electrons. The number of tetrazole rings is 1. The molecule has 0 N–H and O–H groups in total. The van der Waals surface area contributed by atoms with E-state index >= 15 is 0 Å². The smallest absolute Gasteiger partial charge is 0.340 e. The van der Waals surface area contributed by atoms with E-state index in [0.717, 1.165) is 28.2 Å². The van der Waals surface area contributed by atoms with E-state index in [1.165, 1.54) is 12.1 Å². The van der Waals surface area contributed by atoms with Crippen LogP contribution in [0.3, 0.4) is 0 Å². The topological polar surface area (TPSA) is 82.8 Å². The van der Waals surface area contributed by atoms with E-state index in [9.17, 15) is 9.18 Å². The molecule has 7 nitrogen and oxygen atoms in total. The van der Waals surface area contributed by atoms with Crippen LogP contribution in [0.15, 0.2) is 24.3 Å². The summed E-state index contributed by atoms with van der Waals surface area (Å²) in [6, 6.07) is 6.22. The highest BCUT2D eigenvalue weighted by Crippen LogP contribution is 2.41. The number of pyridine rings is 1. The standard InChI is InChI=1S/C23H26FN5O2/c1-6-31-22(30)19-18(14-7-9-15(24)10-8-14)16-11-12-17-26-27-28-29(17)23(4,5)21(16)25-20(19)13(2)3/h7-10,13H,6,11-12H2,1-5H3. The molecular formula is C23H26FN5O2. The third-order valence-corrected chi connectivity index (χ3v) is 5.73. The Labute approximate surface area is 180 Å². The van der Waals surface area contributed by atoms with E-state index in [4.69, 9.17) is 9.72 Å². The zero-order valence-electron chi connectivity index (χ0n) is 18.4. The van der Waals surface area contributed by atoms with Crippen LogP contribution in [-0.4, -0.2) is 37.8 Å². The number of esters is 1. The van der Waals surface area contributed by atoms with Crippen LogP contribution in [0.4, 0.5) is 4.39 Å². The first kappa shape index (κ1) is 21.1. The van der Waals surface area contributed by atoms with Crippen molar-refractivity contribution in [3.8, 4) is 11.1 Å². The first-order chi connectivity index (χ1) is 14.8. The van der Waals surface area contributed by atoms with Gasteiger partial charge in [-0.25, -0.2) is 13.9 Å². The number of ether oxygens (including phenoxy) is 1. The Morgan fingerprint density at radius 3 is 2.58 bits per heavy atom. The van der Waals surface area contributed by atoms with Gasteiger partial charge in [-0.05, 0) is 66.8 Å². The molecule has 0 radical (unpaired) electrons. The van der Waals surface area contributed by atoms with Crippen LogP contribution in [0.5, 0.6) is 0 Å². The SMILES string of the molecule is CCOC(=O)c1c(C(C)C)nc2c(c1-c1ccc(F)cc1)CCc1nnnn1C2(C)C. The molecule has 1 aliphatic rings. The molecule has 0 spiro atoms. The summed E-state index contributed by atoms with van der Waals surface area (Å²) in [4.78, 5) is 18.2. The van der Waals surface area contributed by atoms with Crippen LogP contribution in [0.25, 0.3) is 11.1 Å². The normalized spacial score (nSPS) is 14.7. The lowest BCUT2D eigenvalue weighted by Gasteiger charge is -2.29. The molecule has 8 heteroatoms. The van der Waals surface area contributed by atoms with Crippen molar-refractivity contribution < 1.29 is 13.9 Å². The van der Waals surface area contributed by atoms with Crippen LogP contribution >= 0.6 is 0 Å². The lowest BCUT2D eigenvalue weighted by molar-refractivity contribution is 0.0524. The highest BCUT2D eigenvalue weighted by Gasteiger charge is 2.38. The average Bonchev–Trinajstić information content (AvgIpc) is 3.17. The van der Waals surface area contributed by atoms with E-state index in [-0.39, 0.29) is 18.3 Å². The average molecular weight is 423 g/mol. The Morgan fingerprint density at radius 1 is 1.23 bits per heavy atom. The lowest BCUT2D eigenvalue weighted by atomic mass is 9.84. The minimum absolute atomic E-state index is 0.0312. The number of nitrogens with zero attached hydrogens (tertiary/aromatic N) is 5. The van der Waals surface area contributed by atoms with Crippen molar-refractivity contribution in [1.82, 2.24) is 25.2 Å². The summed E-state index contributed by atoms with van der Waals surface area (Å²) in [5, 5.41) is 12.3. The van der Waals surface area contributed by atoms with Gasteiger partial charge in [-0.3, -0.25) is 4.98 Å². The predicted molar refractivity (Wildman–Crippen MR) is 113 cm³/mol. The zero-order chi connectivity index (χ0) is 22.3. The van der Waals surface area contributed by atoms with Crippen molar-refractivity contribution in [2.75, 3.05) is 6.61 Å². The summed E-state index contributed by atoms with van der Waals surface area (Å²) < 4.78 is 21.0. The largest absolute Gasteiger partial charge is 0.462 e. The summed E-state index contributed by atoms with van der Waals surface area (Å²) in [5.74, 6) is -0.0186. The Bertz CT molecular complexity index is 1140. The molecule has 1 aromatic carbocycles. The monoisotopic (exact) mass is 423 g/mol. The van der Waals surface area contributed by atoms with Gasteiger partial charge in [-0.15, -0.1) is 5.10 Å². The third-order valence-electron chi connectivity index (χ3n) is 5.73. The fourth-order valence-electron chi connectivity index (χ4n) is 4.29. The Morgan fingerprint density at radius 2 is 1.94 bits per heavy atom. The van der Waals surface area contributed by atoms with Crippen molar-refractivity contribution in [2.24, 2.45) is 0 Å². The van der Waals surface area contributed by atoms with E-state index in [1.807, 2.05) is 27.7 Å². The third kappa shape index (κ3) is 3.49. The van der Waals surface area contributed by atoms with Gasteiger partial charge in [0, 0.05) is 12.0 Å². The summed E-state index contributed by atoms with van der Waals surface area (Å²) >= 11 is 0. The number of rotatable bonds is 4. The van der Waals surface area contributed by atoms with Crippen LogP contribution in [0.1, 0.15) is 73.7 Å². The van der Waals surface area contributed by atoms with Crippen LogP contribution in [0, 0.1) is 5.82 Å². The predicted octanol–water partition coefficient (Wildman–Crippen LogP) is 4.06. The molecular weight excluding hydrogens is 397 g/mol. The second kappa shape index (κ2) is 7.83. The molecule has 0 bridgehead atoms. The minimum atomic E-state index is -0.629. The minimum Gasteiger partial charge on any atom is -0.462 e. The number of benzene rings is 1. The Kier molecular flexibility index (Phi) is 5.33. The number of halogens is 1. The molecule has 0 saturated heterocycles. The van der Waals surface area contributed by atoms with Gasteiger partial charge >= 0.3 is 5.97 Å². The van der Waals surface area contributed by atoms with Gasteiger partial charge in [0.1, 0.15) is 11.4 Å². The van der Waals surface area contributed by atoms with Crippen molar-refractivity contribution in [2.45, 2.75) is 58.9 Å². The maximum Gasteiger partial charge on any atom is 0.340 e. The molecule has 31 heavy (non-hydrogen) atoms. The number of hydrogen-bond donors (Lipinski definition) is 0. The van der Waals surface area contributed by atoms with Crippen LogP contribution < -0.4 is 0 Å². The van der Waals surface area contributed by atoms with E-state index < -0.39 is 11.5 Å². The second-order valence-corrected chi connectivity index (χ2v) is 8.52. The number of aryl methyl sites for hydroxylation is 1. The number of carbonyl (C=O) groups is 1. The summed E-state index contributed by atoms with van der Waals surface area (Å²) in [7, 11) is 0. The summed E-state index contributed by atoms with van der Waals surface area (Å²) in [6.07, 6.45) is 1.20. The van der Waals surface area contributed by atoms with E-state index in [2.05, 4.69) is 15.5 Å². The lowest BCUT2D eigenvalue weighted by Crippen LogP contribution is -2.32. The molecule has 1 aliphatic heterocycles. The quantitative estimate of drug-likeness (QED) is 0.589. The first-order valence-electron chi connectivity index (χ1n) is 10.5. The van der Waals surface area contributed by atoms with E-state index in [1.54, 1.807) is 23.7 Å². The van der Waals surface area contributed by atoms with Gasteiger partial charge < -0.3 is 4.74 Å². The molecule has 0 saturated carbocycles. The Hall–Kier alpha value is -3.16. The van der Waals surface area contributed by atoms with Crippen molar-refractivity contribution >= 4 is 5.97 Å². The number of hydrogen-bond acceptors (Lipinski definition) is 6.